The van der Waals surface area contributed by atoms with Crippen LogP contribution in [0.2, 0.25) is 0 Å². The van der Waals surface area contributed by atoms with Crippen LogP contribution in [0.4, 0.5) is 0 Å². The third kappa shape index (κ3) is 3.62. The van der Waals surface area contributed by atoms with Gasteiger partial charge >= 0.3 is 0 Å². The van der Waals surface area contributed by atoms with Gasteiger partial charge in [-0.05, 0) is 19.0 Å². The highest BCUT2D eigenvalue weighted by molar-refractivity contribution is 5.93. The maximum Gasteiger partial charge on any atom is 0.254 e. The molecule has 0 spiro atoms. The van der Waals surface area contributed by atoms with Gasteiger partial charge in [-0.1, -0.05) is 6.92 Å². The summed E-state index contributed by atoms with van der Waals surface area (Å²) in [4.78, 5) is 11.3. The molecule has 2 N–H and O–H groups in total. The van der Waals surface area contributed by atoms with Crippen molar-refractivity contribution in [1.82, 2.24) is 10.6 Å². The van der Waals surface area contributed by atoms with Crippen LogP contribution in [0.1, 0.15) is 23.7 Å². The van der Waals surface area contributed by atoms with Gasteiger partial charge in [-0.15, -0.1) is 0 Å². The maximum atomic E-state index is 11.3. The fraction of sp³-hybridized carbons (Fsp3) is 0.500. The Kier molecular flexibility index (Phi) is 4.78. The molecule has 1 amide bonds. The Hall–Kier alpha value is -1.29. The van der Waals surface area contributed by atoms with Crippen molar-refractivity contribution in [3.05, 3.63) is 24.2 Å². The summed E-state index contributed by atoms with van der Waals surface area (Å²) in [7, 11) is 0. The fourth-order valence-electron chi connectivity index (χ4n) is 1.06. The van der Waals surface area contributed by atoms with Crippen molar-refractivity contribution in [2.75, 3.05) is 19.6 Å². The van der Waals surface area contributed by atoms with Crippen LogP contribution in [-0.2, 0) is 0 Å². The average molecular weight is 196 g/mol. The average Bonchev–Trinajstić information content (AvgIpc) is 2.70. The Morgan fingerprint density at radius 2 is 2.29 bits per heavy atom. The molecule has 0 bridgehead atoms. The Bertz CT molecular complexity index is 257. The van der Waals surface area contributed by atoms with E-state index in [2.05, 4.69) is 17.6 Å². The first kappa shape index (κ1) is 10.8. The van der Waals surface area contributed by atoms with Crippen LogP contribution in [0.3, 0.4) is 0 Å². The molecule has 78 valence electrons. The molecule has 14 heavy (non-hydrogen) atoms. The second-order valence-corrected chi connectivity index (χ2v) is 3.02. The third-order valence-electron chi connectivity index (χ3n) is 1.80. The quantitative estimate of drug-likeness (QED) is 0.668. The Morgan fingerprint density at radius 3 is 2.93 bits per heavy atom. The second kappa shape index (κ2) is 6.21. The molecule has 0 fully saturated rings. The highest BCUT2D eigenvalue weighted by Gasteiger charge is 2.04. The van der Waals surface area contributed by atoms with Crippen molar-refractivity contribution in [1.29, 1.82) is 0 Å². The standard InChI is InChI=1S/C10H16N2O2/c1-2-4-11-5-6-12-10(13)9-3-7-14-8-9/h3,7-8,11H,2,4-6H2,1H3,(H,12,13). The van der Waals surface area contributed by atoms with E-state index >= 15 is 0 Å². The summed E-state index contributed by atoms with van der Waals surface area (Å²) in [6, 6.07) is 1.65. The molecule has 4 nitrogen and oxygen atoms in total. The Labute approximate surface area is 83.7 Å². The maximum absolute atomic E-state index is 11.3. The third-order valence-corrected chi connectivity index (χ3v) is 1.80. The van der Waals surface area contributed by atoms with Crippen LogP contribution in [0.25, 0.3) is 0 Å². The molecule has 0 saturated heterocycles. The number of amides is 1. The molecule has 0 aliphatic heterocycles. The molecule has 1 aromatic rings. The van der Waals surface area contributed by atoms with Gasteiger partial charge in [0.1, 0.15) is 6.26 Å². The summed E-state index contributed by atoms with van der Waals surface area (Å²) in [6.45, 7) is 4.54. The number of carbonyl (C=O) groups excluding carboxylic acids is 1. The van der Waals surface area contributed by atoms with Crippen LogP contribution in [0.5, 0.6) is 0 Å². The number of hydrogen-bond acceptors (Lipinski definition) is 3. The first-order chi connectivity index (χ1) is 6.84. The molecule has 0 aliphatic rings. The van der Waals surface area contributed by atoms with E-state index in [4.69, 9.17) is 4.42 Å². The van der Waals surface area contributed by atoms with E-state index in [1.54, 1.807) is 6.07 Å². The summed E-state index contributed by atoms with van der Waals surface area (Å²) in [5, 5.41) is 5.98. The Balaban J connectivity index is 2.10. The molecule has 0 atom stereocenters. The molecule has 1 aromatic heterocycles. The number of hydrogen-bond donors (Lipinski definition) is 2. The van der Waals surface area contributed by atoms with E-state index < -0.39 is 0 Å². The van der Waals surface area contributed by atoms with Crippen molar-refractivity contribution in [2.24, 2.45) is 0 Å². The summed E-state index contributed by atoms with van der Waals surface area (Å²) >= 11 is 0. The van der Waals surface area contributed by atoms with Crippen molar-refractivity contribution < 1.29 is 9.21 Å². The first-order valence-corrected chi connectivity index (χ1v) is 4.85. The van der Waals surface area contributed by atoms with Crippen LogP contribution in [0.15, 0.2) is 23.0 Å². The summed E-state index contributed by atoms with van der Waals surface area (Å²) in [5.41, 5.74) is 0.570. The molecule has 0 radical (unpaired) electrons. The van der Waals surface area contributed by atoms with Gasteiger partial charge in [0.2, 0.25) is 0 Å². The molecule has 1 rings (SSSR count). The van der Waals surface area contributed by atoms with Gasteiger partial charge in [-0.3, -0.25) is 4.79 Å². The number of carbonyl (C=O) groups is 1. The lowest BCUT2D eigenvalue weighted by Crippen LogP contribution is -2.31. The second-order valence-electron chi connectivity index (χ2n) is 3.02. The van der Waals surface area contributed by atoms with Gasteiger partial charge in [0, 0.05) is 13.1 Å². The zero-order valence-electron chi connectivity index (χ0n) is 8.38. The van der Waals surface area contributed by atoms with Gasteiger partial charge < -0.3 is 15.1 Å². The molecule has 0 aliphatic carbocycles. The Morgan fingerprint density at radius 1 is 1.43 bits per heavy atom. The van der Waals surface area contributed by atoms with Crippen LogP contribution in [-0.4, -0.2) is 25.5 Å². The van der Waals surface area contributed by atoms with Crippen molar-refractivity contribution in [2.45, 2.75) is 13.3 Å². The minimum absolute atomic E-state index is 0.0861. The zero-order valence-corrected chi connectivity index (χ0v) is 8.38. The predicted molar refractivity (Wildman–Crippen MR) is 54.2 cm³/mol. The summed E-state index contributed by atoms with van der Waals surface area (Å²) in [5.74, 6) is -0.0861. The fourth-order valence-corrected chi connectivity index (χ4v) is 1.06. The van der Waals surface area contributed by atoms with E-state index in [-0.39, 0.29) is 5.91 Å². The van der Waals surface area contributed by atoms with Crippen LogP contribution in [0, 0.1) is 0 Å². The lowest BCUT2D eigenvalue weighted by Gasteiger charge is -2.04. The van der Waals surface area contributed by atoms with Gasteiger partial charge in [0.25, 0.3) is 5.91 Å². The SMILES string of the molecule is CCCNCCNC(=O)c1ccoc1. The molecular weight excluding hydrogens is 180 g/mol. The van der Waals surface area contributed by atoms with Crippen LogP contribution >= 0.6 is 0 Å². The van der Waals surface area contributed by atoms with E-state index in [0.717, 1.165) is 19.5 Å². The van der Waals surface area contributed by atoms with Gasteiger partial charge in [0.15, 0.2) is 0 Å². The number of rotatable bonds is 6. The van der Waals surface area contributed by atoms with Crippen molar-refractivity contribution >= 4 is 5.91 Å². The van der Waals surface area contributed by atoms with Crippen molar-refractivity contribution in [3.8, 4) is 0 Å². The van der Waals surface area contributed by atoms with E-state index in [9.17, 15) is 4.79 Å². The highest BCUT2D eigenvalue weighted by Crippen LogP contribution is 1.98. The van der Waals surface area contributed by atoms with E-state index in [0.29, 0.717) is 12.1 Å². The lowest BCUT2D eigenvalue weighted by atomic mass is 10.3. The largest absolute Gasteiger partial charge is 0.472 e. The molecule has 0 aromatic carbocycles. The number of furan rings is 1. The van der Waals surface area contributed by atoms with Crippen molar-refractivity contribution in [3.63, 3.8) is 0 Å². The smallest absolute Gasteiger partial charge is 0.254 e. The lowest BCUT2D eigenvalue weighted by molar-refractivity contribution is 0.0953. The summed E-state index contributed by atoms with van der Waals surface area (Å²) < 4.78 is 4.80. The van der Waals surface area contributed by atoms with Gasteiger partial charge in [-0.25, -0.2) is 0 Å². The normalized spacial score (nSPS) is 10.1. The molecule has 0 unspecified atom stereocenters. The predicted octanol–water partition coefficient (Wildman–Crippen LogP) is 1.01. The minimum Gasteiger partial charge on any atom is -0.472 e. The zero-order chi connectivity index (χ0) is 10.2. The summed E-state index contributed by atoms with van der Waals surface area (Å²) in [6.07, 6.45) is 4.04. The number of nitrogens with one attached hydrogen (secondary N) is 2. The molecule has 1 heterocycles. The molecule has 4 heteroatoms. The van der Waals surface area contributed by atoms with E-state index in [1.165, 1.54) is 12.5 Å². The monoisotopic (exact) mass is 196 g/mol. The molecule has 0 saturated carbocycles. The minimum atomic E-state index is -0.0861. The first-order valence-electron chi connectivity index (χ1n) is 4.85. The van der Waals surface area contributed by atoms with Crippen LogP contribution < -0.4 is 10.6 Å². The highest BCUT2D eigenvalue weighted by atomic mass is 16.3. The molecular formula is C10H16N2O2. The van der Waals surface area contributed by atoms with Gasteiger partial charge in [0.05, 0.1) is 11.8 Å². The van der Waals surface area contributed by atoms with E-state index in [1.807, 2.05) is 0 Å². The topological polar surface area (TPSA) is 54.3 Å². The van der Waals surface area contributed by atoms with Gasteiger partial charge in [-0.2, -0.15) is 0 Å².